The third-order valence-electron chi connectivity index (χ3n) is 4.18. The average Bonchev–Trinajstić information content (AvgIpc) is 3.30. The molecule has 0 spiro atoms. The Morgan fingerprint density at radius 2 is 1.27 bits per heavy atom. The number of amides is 8. The quantitative estimate of drug-likeness (QED) is 0.377. The molecule has 0 aromatic rings. The molecule has 4 aliphatic rings. The number of carbonyl (C=O) groups is 8. The van der Waals surface area contributed by atoms with Crippen molar-refractivity contribution >= 4 is 47.3 Å². The van der Waals surface area contributed by atoms with E-state index in [4.69, 9.17) is 0 Å². The highest BCUT2D eigenvalue weighted by Crippen LogP contribution is 2.23. The fourth-order valence-electron chi connectivity index (χ4n) is 2.80. The van der Waals surface area contributed by atoms with E-state index < -0.39 is 47.3 Å². The van der Waals surface area contributed by atoms with Crippen LogP contribution in [0.3, 0.4) is 0 Å². The molecule has 1 saturated heterocycles. The average molecular weight is 412 g/mol. The van der Waals surface area contributed by atoms with E-state index in [9.17, 15) is 38.4 Å². The van der Waals surface area contributed by atoms with Crippen LogP contribution in [0.1, 0.15) is 13.3 Å². The summed E-state index contributed by atoms with van der Waals surface area (Å²) in [5.41, 5.74) is -0.0853. The molecule has 12 heteroatoms. The van der Waals surface area contributed by atoms with E-state index in [0.717, 1.165) is 18.2 Å². The Morgan fingerprint density at radius 3 is 1.60 bits per heavy atom. The first-order chi connectivity index (χ1) is 14.0. The zero-order valence-electron chi connectivity index (χ0n) is 15.3. The Bertz CT molecular complexity index is 1110. The highest BCUT2D eigenvalue weighted by atomic mass is 16.2. The molecule has 2 N–H and O–H groups in total. The molecule has 0 aromatic heterocycles. The molecule has 30 heavy (non-hydrogen) atoms. The zero-order chi connectivity index (χ0) is 22.3. The van der Waals surface area contributed by atoms with E-state index in [-0.39, 0.29) is 29.0 Å². The van der Waals surface area contributed by atoms with Gasteiger partial charge in [0.15, 0.2) is 0 Å². The maximum absolute atomic E-state index is 11.5. The zero-order valence-corrected chi connectivity index (χ0v) is 15.3. The van der Waals surface area contributed by atoms with Crippen molar-refractivity contribution < 1.29 is 38.4 Å². The minimum Gasteiger partial charge on any atom is -0.287 e. The topological polar surface area (TPSA) is 167 Å². The Morgan fingerprint density at radius 1 is 0.767 bits per heavy atom. The Hall–Kier alpha value is -4.48. The van der Waals surface area contributed by atoms with Crippen molar-refractivity contribution in [3.05, 3.63) is 47.3 Å². The van der Waals surface area contributed by atoms with E-state index in [1.54, 1.807) is 0 Å². The summed E-state index contributed by atoms with van der Waals surface area (Å²) in [6.07, 6.45) is 2.87. The summed E-state index contributed by atoms with van der Waals surface area (Å²) in [6, 6.07) is 0. The van der Waals surface area contributed by atoms with E-state index in [1.807, 2.05) is 10.6 Å². The second-order valence-electron chi connectivity index (χ2n) is 6.32. The van der Waals surface area contributed by atoms with Gasteiger partial charge in [-0.3, -0.25) is 49.0 Å². The predicted octanol–water partition coefficient (Wildman–Crippen LogP) is -2.32. The van der Waals surface area contributed by atoms with Gasteiger partial charge in [0.25, 0.3) is 41.4 Å². The second-order valence-corrected chi connectivity index (χ2v) is 6.32. The summed E-state index contributed by atoms with van der Waals surface area (Å²) >= 11 is 0. The molecule has 1 fully saturated rings. The van der Waals surface area contributed by atoms with Crippen LogP contribution in [0.4, 0.5) is 0 Å². The van der Waals surface area contributed by atoms with E-state index in [1.165, 1.54) is 6.92 Å². The minimum absolute atomic E-state index is 0.113. The molecule has 0 saturated carbocycles. The fourth-order valence-corrected chi connectivity index (χ4v) is 2.80. The maximum atomic E-state index is 11.5. The molecule has 8 amide bonds. The highest BCUT2D eigenvalue weighted by molar-refractivity contribution is 6.25. The number of likely N-dealkylation sites (tertiary alicyclic amines) is 1. The summed E-state index contributed by atoms with van der Waals surface area (Å²) in [4.78, 5) is 91.0. The van der Waals surface area contributed by atoms with Gasteiger partial charge in [-0.2, -0.15) is 0 Å². The molecule has 0 atom stereocenters. The van der Waals surface area contributed by atoms with E-state index in [2.05, 4.69) is 6.58 Å². The maximum Gasteiger partial charge on any atom is 0.275 e. The Kier molecular flexibility index (Phi) is 4.84. The Balaban J connectivity index is 0.000000171. The third kappa shape index (κ3) is 3.37. The highest BCUT2D eigenvalue weighted by Gasteiger charge is 2.40. The van der Waals surface area contributed by atoms with Crippen LogP contribution in [0.5, 0.6) is 0 Å². The normalized spacial score (nSPS) is 21.0. The number of nitrogens with zero attached hydrogens (tertiary/aromatic N) is 2. The van der Waals surface area contributed by atoms with Gasteiger partial charge in [0, 0.05) is 29.4 Å². The summed E-state index contributed by atoms with van der Waals surface area (Å²) in [5.74, 6) is -5.07. The van der Waals surface area contributed by atoms with Gasteiger partial charge in [-0.1, -0.05) is 6.58 Å². The van der Waals surface area contributed by atoms with Crippen LogP contribution in [0, 0.1) is 0 Å². The number of imide groups is 4. The van der Waals surface area contributed by atoms with Gasteiger partial charge in [-0.05, 0) is 6.92 Å². The SMILES string of the molecule is C=C1CC(=O)N(C2=CC(=O)NC2=O)C1=O.CC1=CC(=O)N(C2=CC(=O)NC2=O)C1=O. The number of hydrogen-bond acceptors (Lipinski definition) is 8. The van der Waals surface area contributed by atoms with Crippen molar-refractivity contribution in [1.82, 2.24) is 20.4 Å². The number of hydrogen-bond donors (Lipinski definition) is 2. The van der Waals surface area contributed by atoms with E-state index in [0.29, 0.717) is 9.80 Å². The van der Waals surface area contributed by atoms with Gasteiger partial charge in [0.05, 0.1) is 6.42 Å². The van der Waals surface area contributed by atoms with Crippen molar-refractivity contribution in [3.63, 3.8) is 0 Å². The molecule has 4 rings (SSSR count). The van der Waals surface area contributed by atoms with Gasteiger partial charge in [-0.15, -0.1) is 0 Å². The molecule has 12 nitrogen and oxygen atoms in total. The van der Waals surface area contributed by atoms with Gasteiger partial charge in [-0.25, -0.2) is 9.80 Å². The number of carbonyl (C=O) groups excluding carboxylic acids is 8. The van der Waals surface area contributed by atoms with Gasteiger partial charge in [0.2, 0.25) is 5.91 Å². The number of rotatable bonds is 2. The first kappa shape index (κ1) is 20.3. The van der Waals surface area contributed by atoms with E-state index >= 15 is 0 Å². The largest absolute Gasteiger partial charge is 0.287 e. The molecule has 0 unspecified atom stereocenters. The first-order valence-corrected chi connectivity index (χ1v) is 8.27. The van der Waals surface area contributed by atoms with Gasteiger partial charge >= 0.3 is 0 Å². The lowest BCUT2D eigenvalue weighted by atomic mass is 10.3. The number of nitrogens with one attached hydrogen (secondary N) is 2. The van der Waals surface area contributed by atoms with Gasteiger partial charge < -0.3 is 0 Å². The molecule has 4 heterocycles. The standard InChI is InChI=1S/2C9H6N2O4/c2*1-4-2-7(13)11(9(4)15)5-3-6(12)10-8(5)14/h2-3H,1H3,(H,10,12,14);3H,1-2H2,(H,10,12,14). The predicted molar refractivity (Wildman–Crippen MR) is 93.7 cm³/mol. The van der Waals surface area contributed by atoms with Crippen molar-refractivity contribution in [2.75, 3.05) is 0 Å². The molecular formula is C18H12N4O8. The lowest BCUT2D eigenvalue weighted by Gasteiger charge is -2.12. The van der Waals surface area contributed by atoms with Gasteiger partial charge in [0.1, 0.15) is 11.4 Å². The van der Waals surface area contributed by atoms with Crippen LogP contribution in [-0.2, 0) is 38.4 Å². The molecule has 152 valence electrons. The lowest BCUT2D eigenvalue weighted by molar-refractivity contribution is -0.138. The van der Waals surface area contributed by atoms with Crippen molar-refractivity contribution in [2.45, 2.75) is 13.3 Å². The molecule has 0 aromatic carbocycles. The third-order valence-corrected chi connectivity index (χ3v) is 4.18. The smallest absolute Gasteiger partial charge is 0.275 e. The fraction of sp³-hybridized carbons (Fsp3) is 0.111. The molecular weight excluding hydrogens is 400 g/mol. The summed E-state index contributed by atoms with van der Waals surface area (Å²) in [5, 5.41) is 3.91. The van der Waals surface area contributed by atoms with Crippen molar-refractivity contribution in [2.24, 2.45) is 0 Å². The molecule has 0 bridgehead atoms. The lowest BCUT2D eigenvalue weighted by Crippen LogP contribution is -2.35. The van der Waals surface area contributed by atoms with Crippen LogP contribution in [0.15, 0.2) is 47.3 Å². The second kappa shape index (κ2) is 7.16. The van der Waals surface area contributed by atoms with Crippen molar-refractivity contribution in [1.29, 1.82) is 0 Å². The summed E-state index contributed by atoms with van der Waals surface area (Å²) < 4.78 is 0. The monoisotopic (exact) mass is 412 g/mol. The first-order valence-electron chi connectivity index (χ1n) is 8.27. The van der Waals surface area contributed by atoms with Crippen molar-refractivity contribution in [3.8, 4) is 0 Å². The van der Waals surface area contributed by atoms with Crippen LogP contribution in [0.25, 0.3) is 0 Å². The molecule has 0 aliphatic carbocycles. The van der Waals surface area contributed by atoms with Crippen LogP contribution < -0.4 is 10.6 Å². The van der Waals surface area contributed by atoms with Crippen LogP contribution in [-0.4, -0.2) is 57.1 Å². The summed E-state index contributed by atoms with van der Waals surface area (Å²) in [7, 11) is 0. The van der Waals surface area contributed by atoms with Crippen LogP contribution in [0.2, 0.25) is 0 Å². The Labute approximate surface area is 167 Å². The molecule has 4 aliphatic heterocycles. The minimum atomic E-state index is -0.739. The van der Waals surface area contributed by atoms with Crippen LogP contribution >= 0.6 is 0 Å². The summed E-state index contributed by atoms with van der Waals surface area (Å²) in [6.45, 7) is 4.86. The molecule has 0 radical (unpaired) electrons.